The van der Waals surface area contributed by atoms with E-state index in [4.69, 9.17) is 0 Å². The summed E-state index contributed by atoms with van der Waals surface area (Å²) in [6.45, 7) is 3.68. The Hall–Kier alpha value is -0.700. The van der Waals surface area contributed by atoms with Crippen LogP contribution in [0.5, 0.6) is 0 Å². The molecule has 1 atom stereocenters. The number of aliphatic hydroxyl groups is 1. The third-order valence-electron chi connectivity index (χ3n) is 1.56. The van der Waals surface area contributed by atoms with Crippen LogP contribution >= 0.6 is 11.8 Å². The van der Waals surface area contributed by atoms with Gasteiger partial charge in [-0.3, -0.25) is 4.79 Å². The Morgan fingerprint density at radius 1 is 1.73 bits per heavy atom. The van der Waals surface area contributed by atoms with E-state index in [0.29, 0.717) is 0 Å². The van der Waals surface area contributed by atoms with Gasteiger partial charge in [0, 0.05) is 6.08 Å². The highest BCUT2D eigenvalue weighted by atomic mass is 32.2. The molecule has 0 bridgehead atoms. The van der Waals surface area contributed by atoms with Crippen molar-refractivity contribution in [2.75, 3.05) is 0 Å². The molecule has 1 rings (SSSR count). The minimum atomic E-state index is -0.522. The third-order valence-corrected chi connectivity index (χ3v) is 2.65. The van der Waals surface area contributed by atoms with Crippen molar-refractivity contribution >= 4 is 16.9 Å². The molecule has 0 saturated heterocycles. The highest BCUT2D eigenvalue weighted by Crippen LogP contribution is 2.39. The molecule has 0 spiro atoms. The fourth-order valence-electron chi connectivity index (χ4n) is 0.983. The van der Waals surface area contributed by atoms with Crippen LogP contribution in [0.15, 0.2) is 24.0 Å². The first-order chi connectivity index (χ1) is 5.08. The lowest BCUT2D eigenvalue weighted by Crippen LogP contribution is -2.16. The van der Waals surface area contributed by atoms with E-state index in [1.54, 1.807) is 0 Å². The summed E-state index contributed by atoms with van der Waals surface area (Å²) in [7, 11) is 0. The van der Waals surface area contributed by atoms with E-state index >= 15 is 0 Å². The second kappa shape index (κ2) is 2.74. The normalized spacial score (nSPS) is 31.5. The number of carbonyl (C=O) groups is 1. The summed E-state index contributed by atoms with van der Waals surface area (Å²) in [4.78, 5) is 10.8. The predicted molar refractivity (Wildman–Crippen MR) is 46.5 cm³/mol. The van der Waals surface area contributed by atoms with Crippen LogP contribution in [0.25, 0.3) is 0 Å². The Balaban J connectivity index is 2.92. The lowest BCUT2D eigenvalue weighted by atomic mass is 10.1. The Labute approximate surface area is 70.0 Å². The quantitative estimate of drug-likeness (QED) is 0.612. The van der Waals surface area contributed by atoms with Gasteiger partial charge < -0.3 is 5.11 Å². The molecule has 1 aliphatic heterocycles. The first-order valence-corrected chi connectivity index (χ1v) is 4.18. The smallest absolute Gasteiger partial charge is 0.216 e. The van der Waals surface area contributed by atoms with Gasteiger partial charge in [0.1, 0.15) is 5.76 Å². The Morgan fingerprint density at radius 3 is 2.73 bits per heavy atom. The minimum absolute atomic E-state index is 0.0805. The first kappa shape index (κ1) is 8.40. The molecular weight excluding hydrogens is 160 g/mol. The van der Waals surface area contributed by atoms with Gasteiger partial charge >= 0.3 is 0 Å². The molecule has 0 aromatic rings. The standard InChI is InChI=1S/C8H10O2S/c1-3-4-8(2)6(9)5-7(10)11-8/h3-5,9H,1-2H3/t8-/m0/s1. The molecule has 0 radical (unpaired) electrons. The van der Waals surface area contributed by atoms with Gasteiger partial charge in [0.15, 0.2) is 0 Å². The fraction of sp³-hybridized carbons (Fsp3) is 0.375. The van der Waals surface area contributed by atoms with Crippen LogP contribution in [-0.2, 0) is 4.79 Å². The molecule has 3 heteroatoms. The molecule has 0 unspecified atom stereocenters. The zero-order valence-electron chi connectivity index (χ0n) is 6.50. The summed E-state index contributed by atoms with van der Waals surface area (Å²) in [6, 6.07) is 0. The van der Waals surface area contributed by atoms with E-state index < -0.39 is 4.75 Å². The minimum Gasteiger partial charge on any atom is -0.510 e. The van der Waals surface area contributed by atoms with Gasteiger partial charge in [0.05, 0.1) is 4.75 Å². The number of rotatable bonds is 1. The fourth-order valence-corrected chi connectivity index (χ4v) is 1.94. The van der Waals surface area contributed by atoms with E-state index in [0.717, 1.165) is 11.8 Å². The molecule has 0 saturated carbocycles. The summed E-state index contributed by atoms with van der Waals surface area (Å²) in [5.41, 5.74) is 0. The number of hydrogen-bond acceptors (Lipinski definition) is 3. The van der Waals surface area contributed by atoms with Crippen LogP contribution in [-0.4, -0.2) is 15.0 Å². The van der Waals surface area contributed by atoms with Gasteiger partial charge in [-0.05, 0) is 13.8 Å². The SMILES string of the molecule is CC=C[C@]1(C)SC(=O)C=C1O. The number of aliphatic hydroxyl groups excluding tert-OH is 1. The summed E-state index contributed by atoms with van der Waals surface area (Å²) in [5.74, 6) is 0.144. The third kappa shape index (κ3) is 1.48. The van der Waals surface area contributed by atoms with E-state index in [1.807, 2.05) is 26.0 Å². The van der Waals surface area contributed by atoms with Gasteiger partial charge in [0.2, 0.25) is 5.12 Å². The van der Waals surface area contributed by atoms with Crippen LogP contribution in [0.2, 0.25) is 0 Å². The van der Waals surface area contributed by atoms with Gasteiger partial charge in [-0.2, -0.15) is 0 Å². The molecule has 2 nitrogen and oxygen atoms in total. The Bertz CT molecular complexity index is 242. The Morgan fingerprint density at radius 2 is 2.36 bits per heavy atom. The van der Waals surface area contributed by atoms with E-state index in [9.17, 15) is 9.90 Å². The van der Waals surface area contributed by atoms with Crippen molar-refractivity contribution in [3.63, 3.8) is 0 Å². The van der Waals surface area contributed by atoms with Crippen molar-refractivity contribution in [2.45, 2.75) is 18.6 Å². The van der Waals surface area contributed by atoms with Crippen LogP contribution in [0, 0.1) is 0 Å². The molecular formula is C8H10O2S. The van der Waals surface area contributed by atoms with Gasteiger partial charge in [-0.25, -0.2) is 0 Å². The van der Waals surface area contributed by atoms with Gasteiger partial charge in [-0.15, -0.1) is 0 Å². The van der Waals surface area contributed by atoms with Crippen LogP contribution < -0.4 is 0 Å². The predicted octanol–water partition coefficient (Wildman–Crippen LogP) is 2.04. The molecule has 1 N–H and O–H groups in total. The first-order valence-electron chi connectivity index (χ1n) is 3.36. The van der Waals surface area contributed by atoms with Crippen LogP contribution in [0.4, 0.5) is 0 Å². The van der Waals surface area contributed by atoms with Crippen molar-refractivity contribution in [2.24, 2.45) is 0 Å². The van der Waals surface area contributed by atoms with Crippen molar-refractivity contribution < 1.29 is 9.90 Å². The number of carbonyl (C=O) groups excluding carboxylic acids is 1. The maximum absolute atomic E-state index is 10.8. The molecule has 1 aliphatic rings. The molecule has 0 aromatic heterocycles. The second-order valence-corrected chi connectivity index (χ2v) is 4.01. The highest BCUT2D eigenvalue weighted by Gasteiger charge is 2.35. The monoisotopic (exact) mass is 170 g/mol. The van der Waals surface area contributed by atoms with E-state index in [-0.39, 0.29) is 10.9 Å². The van der Waals surface area contributed by atoms with Crippen molar-refractivity contribution in [1.82, 2.24) is 0 Å². The molecule has 60 valence electrons. The average Bonchev–Trinajstić information content (AvgIpc) is 2.08. The highest BCUT2D eigenvalue weighted by molar-refractivity contribution is 8.15. The number of hydrogen-bond donors (Lipinski definition) is 1. The zero-order chi connectivity index (χ0) is 8.48. The molecule has 0 aliphatic carbocycles. The second-order valence-electron chi connectivity index (χ2n) is 2.56. The van der Waals surface area contributed by atoms with Gasteiger partial charge in [0.25, 0.3) is 0 Å². The van der Waals surface area contributed by atoms with Crippen molar-refractivity contribution in [1.29, 1.82) is 0 Å². The number of thioether (sulfide) groups is 1. The summed E-state index contributed by atoms with van der Waals surface area (Å²) >= 11 is 1.13. The maximum Gasteiger partial charge on any atom is 0.216 e. The van der Waals surface area contributed by atoms with E-state index in [1.165, 1.54) is 6.08 Å². The molecule has 11 heavy (non-hydrogen) atoms. The van der Waals surface area contributed by atoms with E-state index in [2.05, 4.69) is 0 Å². The van der Waals surface area contributed by atoms with Crippen molar-refractivity contribution in [3.8, 4) is 0 Å². The largest absolute Gasteiger partial charge is 0.510 e. The molecule has 1 heterocycles. The lowest BCUT2D eigenvalue weighted by molar-refractivity contribution is -0.106. The Kier molecular flexibility index (Phi) is 2.09. The van der Waals surface area contributed by atoms with Crippen molar-refractivity contribution in [3.05, 3.63) is 24.0 Å². The van der Waals surface area contributed by atoms with Crippen LogP contribution in [0.3, 0.4) is 0 Å². The summed E-state index contributed by atoms with van der Waals surface area (Å²) in [5, 5.41) is 9.24. The van der Waals surface area contributed by atoms with Gasteiger partial charge in [-0.1, -0.05) is 23.9 Å². The summed E-state index contributed by atoms with van der Waals surface area (Å²) in [6.07, 6.45) is 4.91. The topological polar surface area (TPSA) is 37.3 Å². The zero-order valence-corrected chi connectivity index (χ0v) is 7.31. The summed E-state index contributed by atoms with van der Waals surface area (Å²) < 4.78 is -0.522. The lowest BCUT2D eigenvalue weighted by Gasteiger charge is -2.16. The molecule has 0 amide bonds. The number of allylic oxidation sites excluding steroid dienone is 1. The maximum atomic E-state index is 10.8. The average molecular weight is 170 g/mol. The van der Waals surface area contributed by atoms with Crippen LogP contribution in [0.1, 0.15) is 13.8 Å². The molecule has 0 aromatic carbocycles. The molecule has 0 fully saturated rings.